The van der Waals surface area contributed by atoms with Crippen molar-refractivity contribution >= 4 is 35.0 Å². The summed E-state index contributed by atoms with van der Waals surface area (Å²) in [6.45, 7) is 7.16. The van der Waals surface area contributed by atoms with Gasteiger partial charge in [-0.15, -0.1) is 0 Å². The van der Waals surface area contributed by atoms with Crippen LogP contribution in [0.5, 0.6) is 11.5 Å². The Morgan fingerprint density at radius 1 is 1.12 bits per heavy atom. The second-order valence-corrected chi connectivity index (χ2v) is 11.1. The smallest absolute Gasteiger partial charge is 0.338 e. The topological polar surface area (TPSA) is 99.4 Å². The molecule has 3 aromatic rings. The zero-order chi connectivity index (χ0) is 29.1. The van der Waals surface area contributed by atoms with E-state index in [2.05, 4.69) is 4.99 Å². The van der Waals surface area contributed by atoms with Crippen LogP contribution < -0.4 is 29.3 Å². The molecule has 210 valence electrons. The van der Waals surface area contributed by atoms with Crippen molar-refractivity contribution in [1.82, 2.24) is 4.57 Å². The third kappa shape index (κ3) is 6.02. The van der Waals surface area contributed by atoms with Crippen molar-refractivity contribution in [3.05, 3.63) is 84.5 Å². The Hall–Kier alpha value is -4.18. The fraction of sp³-hybridized carbons (Fsp3) is 0.333. The van der Waals surface area contributed by atoms with Gasteiger partial charge in [-0.05, 0) is 54.3 Å². The van der Waals surface area contributed by atoms with E-state index in [0.29, 0.717) is 26.3 Å². The van der Waals surface area contributed by atoms with Crippen molar-refractivity contribution < 1.29 is 23.8 Å². The number of carbonyl (C=O) groups excluding carboxylic acids is 2. The Morgan fingerprint density at radius 3 is 2.42 bits per heavy atom. The number of hydrogen-bond acceptors (Lipinski definition) is 9. The quantitative estimate of drug-likeness (QED) is 0.306. The molecule has 0 unspecified atom stereocenters. The summed E-state index contributed by atoms with van der Waals surface area (Å²) in [6, 6.07) is 12.0. The molecule has 9 nitrogen and oxygen atoms in total. The summed E-state index contributed by atoms with van der Waals surface area (Å²) in [5.41, 5.74) is 2.94. The van der Waals surface area contributed by atoms with Gasteiger partial charge in [0.15, 0.2) is 16.3 Å². The van der Waals surface area contributed by atoms with E-state index >= 15 is 0 Å². The monoisotopic (exact) mass is 563 g/mol. The summed E-state index contributed by atoms with van der Waals surface area (Å²) in [4.78, 5) is 46.0. The lowest BCUT2D eigenvalue weighted by atomic mass is 9.95. The van der Waals surface area contributed by atoms with Gasteiger partial charge in [0.2, 0.25) is 0 Å². The first-order valence-corrected chi connectivity index (χ1v) is 13.6. The molecular weight excluding hydrogens is 530 g/mol. The zero-order valence-corrected chi connectivity index (χ0v) is 24.5. The molecule has 0 N–H and O–H groups in total. The second kappa shape index (κ2) is 11.9. The van der Waals surface area contributed by atoms with Gasteiger partial charge in [-0.25, -0.2) is 9.79 Å². The maximum Gasteiger partial charge on any atom is 0.338 e. The zero-order valence-electron chi connectivity index (χ0n) is 23.7. The van der Waals surface area contributed by atoms with E-state index in [1.54, 1.807) is 25.1 Å². The van der Waals surface area contributed by atoms with Crippen LogP contribution in [0.2, 0.25) is 0 Å². The first-order valence-electron chi connectivity index (χ1n) is 12.8. The average Bonchev–Trinajstić information content (AvgIpc) is 3.20. The van der Waals surface area contributed by atoms with Crippen LogP contribution in [0.4, 0.5) is 5.69 Å². The van der Waals surface area contributed by atoms with Gasteiger partial charge in [0, 0.05) is 26.7 Å². The van der Waals surface area contributed by atoms with E-state index in [1.807, 2.05) is 63.2 Å². The van der Waals surface area contributed by atoms with Gasteiger partial charge in [0.05, 0.1) is 35.6 Å². The SMILES string of the molecule is COc1cc([C@H]2C(C(=O)OCC(C)C)=C(C)N=c3s/c(=C\c4ccc(N(C)C)cc4)c(=O)n32)ccc1OC(C)=O. The van der Waals surface area contributed by atoms with E-state index < -0.39 is 18.0 Å². The second-order valence-electron chi connectivity index (χ2n) is 10.1. The van der Waals surface area contributed by atoms with Crippen LogP contribution in [0.3, 0.4) is 0 Å². The van der Waals surface area contributed by atoms with Crippen molar-refractivity contribution in [3.63, 3.8) is 0 Å². The van der Waals surface area contributed by atoms with Crippen molar-refractivity contribution in [2.24, 2.45) is 10.9 Å². The Balaban J connectivity index is 1.90. The molecule has 10 heteroatoms. The number of ether oxygens (including phenoxy) is 3. The number of esters is 2. The van der Waals surface area contributed by atoms with Gasteiger partial charge >= 0.3 is 11.9 Å². The summed E-state index contributed by atoms with van der Waals surface area (Å²) in [5, 5.41) is 0. The Morgan fingerprint density at radius 2 is 1.82 bits per heavy atom. The van der Waals surface area contributed by atoms with Crippen LogP contribution in [0.25, 0.3) is 6.08 Å². The van der Waals surface area contributed by atoms with Gasteiger partial charge < -0.3 is 19.1 Å². The molecule has 0 amide bonds. The van der Waals surface area contributed by atoms with Crippen LogP contribution in [0.1, 0.15) is 44.9 Å². The highest BCUT2D eigenvalue weighted by atomic mass is 32.1. The molecule has 4 rings (SSSR count). The van der Waals surface area contributed by atoms with Crippen molar-refractivity contribution in [2.45, 2.75) is 33.7 Å². The maximum absolute atomic E-state index is 13.9. The van der Waals surface area contributed by atoms with Crippen LogP contribution in [0, 0.1) is 5.92 Å². The molecule has 40 heavy (non-hydrogen) atoms. The minimum atomic E-state index is -0.825. The van der Waals surface area contributed by atoms with Crippen molar-refractivity contribution in [1.29, 1.82) is 0 Å². The number of carbonyl (C=O) groups is 2. The van der Waals surface area contributed by atoms with Crippen LogP contribution in [0.15, 0.2) is 63.5 Å². The molecule has 2 heterocycles. The standard InChI is InChI=1S/C30H33N3O6S/c1-17(2)16-38-29(36)26-18(3)31-30-33(27(26)21-10-13-23(39-19(4)34)24(15-21)37-7)28(35)25(40-30)14-20-8-11-22(12-9-20)32(5)6/h8-15,17,27H,16H2,1-7H3/b25-14-/t27-/m0/s1. The summed E-state index contributed by atoms with van der Waals surface area (Å²) in [7, 11) is 5.39. The number of fused-ring (bicyclic) bond motifs is 1. The number of benzene rings is 2. The summed E-state index contributed by atoms with van der Waals surface area (Å²) >= 11 is 1.25. The lowest BCUT2D eigenvalue weighted by molar-refractivity contribution is -0.140. The number of hydrogen-bond donors (Lipinski definition) is 0. The van der Waals surface area contributed by atoms with E-state index in [4.69, 9.17) is 14.2 Å². The molecule has 1 aliphatic heterocycles. The third-order valence-electron chi connectivity index (χ3n) is 6.25. The Bertz CT molecular complexity index is 1650. The largest absolute Gasteiger partial charge is 0.493 e. The molecule has 0 fully saturated rings. The summed E-state index contributed by atoms with van der Waals surface area (Å²) < 4.78 is 18.3. The minimum Gasteiger partial charge on any atom is -0.493 e. The predicted octanol–water partition coefficient (Wildman–Crippen LogP) is 3.43. The van der Waals surface area contributed by atoms with Gasteiger partial charge in [-0.3, -0.25) is 14.2 Å². The van der Waals surface area contributed by atoms with E-state index in [-0.39, 0.29) is 29.4 Å². The molecular formula is C30H33N3O6S. The number of rotatable bonds is 8. The van der Waals surface area contributed by atoms with Gasteiger partial charge in [-0.1, -0.05) is 43.4 Å². The highest BCUT2D eigenvalue weighted by Crippen LogP contribution is 2.36. The number of methoxy groups -OCH3 is 1. The van der Waals surface area contributed by atoms with Crippen LogP contribution in [-0.2, 0) is 14.3 Å². The molecule has 1 aliphatic rings. The van der Waals surface area contributed by atoms with Crippen molar-refractivity contribution in [2.75, 3.05) is 32.7 Å². The first kappa shape index (κ1) is 28.8. The molecule has 2 aromatic carbocycles. The van der Waals surface area contributed by atoms with E-state index in [1.165, 1.54) is 29.9 Å². The lowest BCUT2D eigenvalue weighted by Crippen LogP contribution is -2.40. The maximum atomic E-state index is 13.9. The molecule has 0 aliphatic carbocycles. The number of thiazole rings is 1. The number of allylic oxidation sites excluding steroid dienone is 1. The Labute approximate surface area is 236 Å². The highest BCUT2D eigenvalue weighted by Gasteiger charge is 2.34. The lowest BCUT2D eigenvalue weighted by Gasteiger charge is -2.25. The molecule has 1 aromatic heterocycles. The predicted molar refractivity (Wildman–Crippen MR) is 155 cm³/mol. The van der Waals surface area contributed by atoms with Crippen LogP contribution >= 0.6 is 11.3 Å². The average molecular weight is 564 g/mol. The molecule has 0 radical (unpaired) electrons. The van der Waals surface area contributed by atoms with E-state index in [9.17, 15) is 14.4 Å². The van der Waals surface area contributed by atoms with Gasteiger partial charge in [0.25, 0.3) is 5.56 Å². The molecule has 0 saturated heterocycles. The van der Waals surface area contributed by atoms with E-state index in [0.717, 1.165) is 11.3 Å². The Kier molecular flexibility index (Phi) is 8.58. The summed E-state index contributed by atoms with van der Waals surface area (Å²) in [6.07, 6.45) is 1.82. The normalized spacial score (nSPS) is 15.0. The van der Waals surface area contributed by atoms with Crippen molar-refractivity contribution in [3.8, 4) is 11.5 Å². The molecule has 0 bridgehead atoms. The molecule has 0 saturated carbocycles. The highest BCUT2D eigenvalue weighted by molar-refractivity contribution is 7.07. The number of aromatic nitrogens is 1. The number of nitrogens with zero attached hydrogens (tertiary/aromatic N) is 3. The minimum absolute atomic E-state index is 0.131. The number of anilines is 1. The van der Waals surface area contributed by atoms with Crippen LogP contribution in [-0.4, -0.2) is 44.3 Å². The van der Waals surface area contributed by atoms with Gasteiger partial charge in [0.1, 0.15) is 0 Å². The molecule has 0 spiro atoms. The first-order chi connectivity index (χ1) is 19.0. The molecule has 1 atom stereocenters. The fourth-order valence-corrected chi connectivity index (χ4v) is 5.38. The third-order valence-corrected chi connectivity index (χ3v) is 7.24. The van der Waals surface area contributed by atoms with Gasteiger partial charge in [-0.2, -0.15) is 0 Å². The fourth-order valence-electron chi connectivity index (χ4n) is 4.33. The summed E-state index contributed by atoms with van der Waals surface area (Å²) in [5.74, 6) is -0.383.